The molecule has 1 fully saturated rings. The van der Waals surface area contributed by atoms with Crippen LogP contribution in [0.2, 0.25) is 0 Å². The van der Waals surface area contributed by atoms with Crippen LogP contribution in [0.4, 0.5) is 0 Å². The third kappa shape index (κ3) is 2.04. The highest BCUT2D eigenvalue weighted by molar-refractivity contribution is 6.23. The molecule has 0 saturated carbocycles. The van der Waals surface area contributed by atoms with Gasteiger partial charge in [-0.2, -0.15) is 5.06 Å². The van der Waals surface area contributed by atoms with Gasteiger partial charge in [-0.15, -0.1) is 0 Å². The fourth-order valence-corrected chi connectivity index (χ4v) is 3.54. The van der Waals surface area contributed by atoms with Crippen molar-refractivity contribution < 1.29 is 15.1 Å². The van der Waals surface area contributed by atoms with Crippen molar-refractivity contribution in [3.05, 3.63) is 40.6 Å². The molecule has 2 N–H and O–H groups in total. The molecule has 1 aromatic carbocycles. The van der Waals surface area contributed by atoms with E-state index in [1.165, 1.54) is 5.06 Å². The van der Waals surface area contributed by atoms with Gasteiger partial charge in [0.2, 0.25) is 0 Å². The Bertz CT molecular complexity index is 658. The predicted octanol–water partition coefficient (Wildman–Crippen LogP) is 2.27. The Morgan fingerprint density at radius 3 is 2.45 bits per heavy atom. The smallest absolute Gasteiger partial charge is 0.258 e. The van der Waals surface area contributed by atoms with E-state index in [4.69, 9.17) is 0 Å². The number of benzene rings is 1. The standard InChI is InChI=1S/C17H22N2O3/c1-11-4-5-12(2)13(10-11)14-15(20)17(18(3)16(14)21)6-8-19(22)9-7-17/h4-5,10,20,22H,6-9H2,1-3H3. The molecule has 0 unspecified atom stereocenters. The van der Waals surface area contributed by atoms with Crippen LogP contribution in [0.1, 0.15) is 29.5 Å². The molecule has 1 spiro atoms. The van der Waals surface area contributed by atoms with Gasteiger partial charge in [-0.05, 0) is 37.8 Å². The second-order valence-electron chi connectivity index (χ2n) is 6.39. The zero-order valence-corrected chi connectivity index (χ0v) is 13.3. The highest BCUT2D eigenvalue weighted by Crippen LogP contribution is 2.44. The maximum absolute atomic E-state index is 12.8. The molecular formula is C17H22N2O3. The summed E-state index contributed by atoms with van der Waals surface area (Å²) in [4.78, 5) is 14.4. The van der Waals surface area contributed by atoms with Gasteiger partial charge in [0.1, 0.15) is 11.3 Å². The third-order valence-electron chi connectivity index (χ3n) is 5.07. The number of rotatable bonds is 1. The number of carbonyl (C=O) groups is 1. The van der Waals surface area contributed by atoms with E-state index in [2.05, 4.69) is 0 Å². The molecule has 0 aliphatic carbocycles. The lowest BCUT2D eigenvalue weighted by atomic mass is 9.85. The number of amides is 1. The Morgan fingerprint density at radius 2 is 1.82 bits per heavy atom. The summed E-state index contributed by atoms with van der Waals surface area (Å²) in [5, 5.41) is 21.7. The van der Waals surface area contributed by atoms with Crippen LogP contribution in [-0.4, -0.2) is 51.9 Å². The van der Waals surface area contributed by atoms with Gasteiger partial charge in [0.25, 0.3) is 5.91 Å². The fourth-order valence-electron chi connectivity index (χ4n) is 3.54. The maximum Gasteiger partial charge on any atom is 0.258 e. The Morgan fingerprint density at radius 1 is 1.18 bits per heavy atom. The zero-order chi connectivity index (χ0) is 16.1. The molecule has 1 aromatic rings. The van der Waals surface area contributed by atoms with E-state index < -0.39 is 5.54 Å². The summed E-state index contributed by atoms with van der Waals surface area (Å²) >= 11 is 0. The molecule has 5 nitrogen and oxygen atoms in total. The van der Waals surface area contributed by atoms with Crippen molar-refractivity contribution in [1.29, 1.82) is 0 Å². The molecule has 2 heterocycles. The molecule has 3 rings (SSSR count). The molecule has 2 aliphatic heterocycles. The summed E-state index contributed by atoms with van der Waals surface area (Å²) in [7, 11) is 1.74. The van der Waals surface area contributed by atoms with E-state index in [1.54, 1.807) is 11.9 Å². The number of hydroxylamine groups is 2. The number of aliphatic hydroxyl groups is 1. The predicted molar refractivity (Wildman–Crippen MR) is 83.6 cm³/mol. The topological polar surface area (TPSA) is 64.0 Å². The lowest BCUT2D eigenvalue weighted by Gasteiger charge is -2.41. The van der Waals surface area contributed by atoms with Crippen molar-refractivity contribution in [2.45, 2.75) is 32.2 Å². The second-order valence-corrected chi connectivity index (χ2v) is 6.39. The van der Waals surface area contributed by atoms with E-state index >= 15 is 0 Å². The van der Waals surface area contributed by atoms with Crippen molar-refractivity contribution in [1.82, 2.24) is 9.96 Å². The van der Waals surface area contributed by atoms with Crippen LogP contribution in [-0.2, 0) is 4.79 Å². The van der Waals surface area contributed by atoms with Crippen LogP contribution in [0.5, 0.6) is 0 Å². The average molecular weight is 302 g/mol. The normalized spacial score (nSPS) is 22.0. The molecule has 0 radical (unpaired) electrons. The van der Waals surface area contributed by atoms with Gasteiger partial charge >= 0.3 is 0 Å². The molecule has 118 valence electrons. The third-order valence-corrected chi connectivity index (χ3v) is 5.07. The first-order valence-corrected chi connectivity index (χ1v) is 7.60. The number of hydrogen-bond acceptors (Lipinski definition) is 4. The fraction of sp³-hybridized carbons (Fsp3) is 0.471. The minimum absolute atomic E-state index is 0.141. The van der Waals surface area contributed by atoms with Crippen LogP contribution < -0.4 is 0 Å². The van der Waals surface area contributed by atoms with Crippen molar-refractivity contribution in [2.75, 3.05) is 20.1 Å². The summed E-state index contributed by atoms with van der Waals surface area (Å²) in [5.41, 5.74) is 2.57. The quantitative estimate of drug-likeness (QED) is 0.835. The number of aryl methyl sites for hydroxylation is 2. The van der Waals surface area contributed by atoms with Crippen molar-refractivity contribution >= 4 is 11.5 Å². The van der Waals surface area contributed by atoms with Gasteiger partial charge in [0, 0.05) is 20.1 Å². The Balaban J connectivity index is 2.12. The van der Waals surface area contributed by atoms with Crippen LogP contribution >= 0.6 is 0 Å². The Hall–Kier alpha value is -1.85. The number of piperidine rings is 1. The first-order valence-electron chi connectivity index (χ1n) is 7.60. The van der Waals surface area contributed by atoms with Crippen LogP contribution in [0.25, 0.3) is 5.57 Å². The van der Waals surface area contributed by atoms with Gasteiger partial charge in [-0.25, -0.2) is 0 Å². The minimum Gasteiger partial charge on any atom is -0.509 e. The number of carbonyl (C=O) groups excluding carboxylic acids is 1. The van der Waals surface area contributed by atoms with E-state index in [0.717, 1.165) is 16.7 Å². The van der Waals surface area contributed by atoms with Crippen molar-refractivity contribution in [3.63, 3.8) is 0 Å². The zero-order valence-electron chi connectivity index (χ0n) is 13.3. The van der Waals surface area contributed by atoms with E-state index in [0.29, 0.717) is 31.5 Å². The largest absolute Gasteiger partial charge is 0.509 e. The molecule has 1 amide bonds. The molecule has 0 bridgehead atoms. The van der Waals surface area contributed by atoms with Gasteiger partial charge in [-0.1, -0.05) is 23.8 Å². The summed E-state index contributed by atoms with van der Waals surface area (Å²) in [6, 6.07) is 5.92. The molecular weight excluding hydrogens is 280 g/mol. The Kier molecular flexibility index (Phi) is 3.50. The van der Waals surface area contributed by atoms with Gasteiger partial charge in [-0.3, -0.25) is 4.79 Å². The van der Waals surface area contributed by atoms with Crippen molar-refractivity contribution in [3.8, 4) is 0 Å². The average Bonchev–Trinajstić information content (AvgIpc) is 2.67. The Labute approximate surface area is 130 Å². The van der Waals surface area contributed by atoms with Crippen LogP contribution in [0.3, 0.4) is 0 Å². The first kappa shape index (κ1) is 15.1. The van der Waals surface area contributed by atoms with Crippen molar-refractivity contribution in [2.24, 2.45) is 0 Å². The van der Waals surface area contributed by atoms with Gasteiger partial charge < -0.3 is 15.2 Å². The summed E-state index contributed by atoms with van der Waals surface area (Å²) in [6.07, 6.45) is 1.07. The molecule has 0 aromatic heterocycles. The molecule has 2 aliphatic rings. The maximum atomic E-state index is 12.8. The highest BCUT2D eigenvalue weighted by Gasteiger charge is 2.52. The number of hydrogen-bond donors (Lipinski definition) is 2. The first-order chi connectivity index (χ1) is 10.4. The number of aliphatic hydroxyl groups excluding tert-OH is 1. The van der Waals surface area contributed by atoms with E-state index in [1.807, 2.05) is 32.0 Å². The van der Waals surface area contributed by atoms with E-state index in [-0.39, 0.29) is 11.7 Å². The summed E-state index contributed by atoms with van der Waals surface area (Å²) in [6.45, 7) is 4.82. The summed E-state index contributed by atoms with van der Waals surface area (Å²) < 4.78 is 0. The number of nitrogens with zero attached hydrogens (tertiary/aromatic N) is 2. The monoisotopic (exact) mass is 302 g/mol. The molecule has 0 atom stereocenters. The number of likely N-dealkylation sites (N-methyl/N-ethyl adjacent to an activating group) is 1. The molecule has 22 heavy (non-hydrogen) atoms. The summed E-state index contributed by atoms with van der Waals surface area (Å²) in [5.74, 6) is 0.0133. The van der Waals surface area contributed by atoms with E-state index in [9.17, 15) is 15.1 Å². The lowest BCUT2D eigenvalue weighted by Crippen LogP contribution is -2.53. The highest BCUT2D eigenvalue weighted by atomic mass is 16.5. The van der Waals surface area contributed by atoms with Gasteiger partial charge in [0.15, 0.2) is 0 Å². The lowest BCUT2D eigenvalue weighted by molar-refractivity contribution is -0.141. The van der Waals surface area contributed by atoms with Crippen LogP contribution in [0.15, 0.2) is 24.0 Å². The molecule has 5 heteroatoms. The minimum atomic E-state index is -0.679. The SMILES string of the molecule is Cc1ccc(C)c(C2=C(O)C3(CCN(O)CC3)N(C)C2=O)c1. The van der Waals surface area contributed by atoms with Crippen LogP contribution in [0, 0.1) is 13.8 Å². The van der Waals surface area contributed by atoms with Gasteiger partial charge in [0.05, 0.1) is 5.57 Å². The molecule has 1 saturated heterocycles. The second kappa shape index (κ2) is 5.11.